The number of hydrogen-bond donors (Lipinski definition) is 0. The monoisotopic (exact) mass is 476 g/mol. The largest absolute Gasteiger partial charge is 0.496 e. The Balaban J connectivity index is 2.00. The number of ether oxygens (including phenoxy) is 2. The molecular formula is C25H25FN6O3. The molecule has 0 aliphatic rings. The number of aliphatic imine (C=N–C) groups is 1. The van der Waals surface area contributed by atoms with Gasteiger partial charge in [-0.1, -0.05) is 12.7 Å². The standard InChI is InChI=1S/C25H25FN6O3/c1-7-8-35-17-9-20(26)24(28-13-17)32-23(15(2)31(5)25(32)33)19-10-18(16-12-29-30(4)14-16)22(34-6)11-21(19)27-3/h7,9-14H,1,3,8H2,2,4-6H3. The minimum atomic E-state index is -0.713. The second-order valence-electron chi connectivity index (χ2n) is 7.82. The molecule has 0 saturated carbocycles. The number of benzene rings is 1. The van der Waals surface area contributed by atoms with Crippen LogP contribution in [0.4, 0.5) is 10.1 Å². The summed E-state index contributed by atoms with van der Waals surface area (Å²) >= 11 is 0. The fraction of sp³-hybridized carbons (Fsp3) is 0.200. The summed E-state index contributed by atoms with van der Waals surface area (Å²) in [5.74, 6) is -0.0900. The molecule has 0 atom stereocenters. The van der Waals surface area contributed by atoms with Gasteiger partial charge in [0.15, 0.2) is 11.6 Å². The van der Waals surface area contributed by atoms with E-state index in [2.05, 4.69) is 28.4 Å². The van der Waals surface area contributed by atoms with E-state index in [1.165, 1.54) is 21.4 Å². The summed E-state index contributed by atoms with van der Waals surface area (Å²) in [6.07, 6.45) is 6.46. The molecule has 0 aliphatic carbocycles. The molecule has 3 aromatic heterocycles. The Labute approximate surface area is 201 Å². The summed E-state index contributed by atoms with van der Waals surface area (Å²) in [6, 6.07) is 4.74. The zero-order chi connectivity index (χ0) is 25.3. The average Bonchev–Trinajstić information content (AvgIpc) is 3.38. The van der Waals surface area contributed by atoms with Gasteiger partial charge in [0, 0.05) is 54.8 Å². The summed E-state index contributed by atoms with van der Waals surface area (Å²) in [4.78, 5) is 21.6. The Morgan fingerprint density at radius 3 is 2.57 bits per heavy atom. The van der Waals surface area contributed by atoms with Gasteiger partial charge in [-0.15, -0.1) is 0 Å². The van der Waals surface area contributed by atoms with Gasteiger partial charge in [-0.2, -0.15) is 5.10 Å². The number of pyridine rings is 1. The quantitative estimate of drug-likeness (QED) is 0.283. The second kappa shape index (κ2) is 9.41. The Morgan fingerprint density at radius 2 is 1.97 bits per heavy atom. The highest BCUT2D eigenvalue weighted by Crippen LogP contribution is 2.42. The fourth-order valence-corrected chi connectivity index (χ4v) is 3.88. The van der Waals surface area contributed by atoms with E-state index in [1.54, 1.807) is 44.1 Å². The summed E-state index contributed by atoms with van der Waals surface area (Å²) < 4.78 is 30.5. The number of aryl methyl sites for hydroxylation is 1. The minimum Gasteiger partial charge on any atom is -0.496 e. The van der Waals surface area contributed by atoms with Crippen molar-refractivity contribution in [3.8, 4) is 39.7 Å². The number of methoxy groups -OCH3 is 1. The van der Waals surface area contributed by atoms with Crippen LogP contribution in [0, 0.1) is 12.7 Å². The van der Waals surface area contributed by atoms with Crippen LogP contribution in [0.3, 0.4) is 0 Å². The first-order valence-corrected chi connectivity index (χ1v) is 10.7. The lowest BCUT2D eigenvalue weighted by Gasteiger charge is -2.15. The molecule has 1 aromatic carbocycles. The van der Waals surface area contributed by atoms with Crippen LogP contribution in [0.5, 0.6) is 11.5 Å². The predicted molar refractivity (Wildman–Crippen MR) is 133 cm³/mol. The highest BCUT2D eigenvalue weighted by molar-refractivity contribution is 5.86. The number of nitrogens with zero attached hydrogens (tertiary/aromatic N) is 6. The highest BCUT2D eigenvalue weighted by atomic mass is 19.1. The van der Waals surface area contributed by atoms with Crippen molar-refractivity contribution in [2.24, 2.45) is 19.1 Å². The molecule has 35 heavy (non-hydrogen) atoms. The molecule has 0 unspecified atom stereocenters. The molecule has 0 fully saturated rings. The van der Waals surface area contributed by atoms with Gasteiger partial charge in [0.05, 0.1) is 30.9 Å². The third kappa shape index (κ3) is 4.14. The molecule has 180 valence electrons. The lowest BCUT2D eigenvalue weighted by atomic mass is 10.00. The van der Waals surface area contributed by atoms with Crippen molar-refractivity contribution in [2.75, 3.05) is 13.7 Å². The van der Waals surface area contributed by atoms with Crippen LogP contribution in [-0.4, -0.2) is 44.3 Å². The number of imidazole rings is 1. The maximum Gasteiger partial charge on any atom is 0.334 e. The maximum absolute atomic E-state index is 15.2. The van der Waals surface area contributed by atoms with Crippen molar-refractivity contribution in [3.05, 3.63) is 71.4 Å². The topological polar surface area (TPSA) is 88.5 Å². The van der Waals surface area contributed by atoms with Crippen molar-refractivity contribution >= 4 is 12.4 Å². The van der Waals surface area contributed by atoms with Gasteiger partial charge in [-0.25, -0.2) is 18.7 Å². The van der Waals surface area contributed by atoms with E-state index in [1.807, 2.05) is 19.3 Å². The first-order valence-electron chi connectivity index (χ1n) is 10.7. The van der Waals surface area contributed by atoms with Crippen molar-refractivity contribution in [1.82, 2.24) is 23.9 Å². The molecule has 0 saturated heterocycles. The summed E-state index contributed by atoms with van der Waals surface area (Å²) in [5.41, 5.74) is 3.11. The average molecular weight is 477 g/mol. The van der Waals surface area contributed by atoms with Crippen molar-refractivity contribution in [2.45, 2.75) is 6.92 Å². The number of halogens is 1. The van der Waals surface area contributed by atoms with Crippen LogP contribution >= 0.6 is 0 Å². The number of aromatic nitrogens is 5. The summed E-state index contributed by atoms with van der Waals surface area (Å²) in [6.45, 7) is 9.24. The first-order chi connectivity index (χ1) is 16.8. The Bertz CT molecular complexity index is 1500. The van der Waals surface area contributed by atoms with Crippen molar-refractivity contribution in [3.63, 3.8) is 0 Å². The van der Waals surface area contributed by atoms with Gasteiger partial charge in [0.2, 0.25) is 0 Å². The molecule has 0 N–H and O–H groups in total. The first kappa shape index (κ1) is 23.7. The van der Waals surface area contributed by atoms with E-state index >= 15 is 4.39 Å². The summed E-state index contributed by atoms with van der Waals surface area (Å²) in [7, 11) is 4.98. The zero-order valence-corrected chi connectivity index (χ0v) is 19.9. The molecule has 0 amide bonds. The fourth-order valence-electron chi connectivity index (χ4n) is 3.88. The molecule has 10 heteroatoms. The summed E-state index contributed by atoms with van der Waals surface area (Å²) in [5, 5.41) is 4.24. The van der Waals surface area contributed by atoms with Gasteiger partial charge in [-0.3, -0.25) is 14.2 Å². The van der Waals surface area contributed by atoms with Gasteiger partial charge in [0.1, 0.15) is 18.1 Å². The van der Waals surface area contributed by atoms with Crippen LogP contribution in [0.25, 0.3) is 28.2 Å². The number of hydrogen-bond acceptors (Lipinski definition) is 6. The molecule has 0 bridgehead atoms. The molecule has 0 radical (unpaired) electrons. The Morgan fingerprint density at radius 1 is 1.20 bits per heavy atom. The van der Waals surface area contributed by atoms with Gasteiger partial charge >= 0.3 is 5.69 Å². The smallest absolute Gasteiger partial charge is 0.334 e. The SMILES string of the molecule is C=CCOc1cnc(-n2c(-c3cc(-c4cnn(C)c4)c(OC)cc3N=C)c(C)n(C)c2=O)c(F)c1. The van der Waals surface area contributed by atoms with Gasteiger partial charge < -0.3 is 9.47 Å². The Hall–Kier alpha value is -4.47. The van der Waals surface area contributed by atoms with Crippen LogP contribution in [0.2, 0.25) is 0 Å². The van der Waals surface area contributed by atoms with Crippen LogP contribution in [0.1, 0.15) is 5.69 Å². The molecule has 9 nitrogen and oxygen atoms in total. The van der Waals surface area contributed by atoms with E-state index in [0.29, 0.717) is 28.4 Å². The van der Waals surface area contributed by atoms with Crippen LogP contribution < -0.4 is 15.2 Å². The minimum absolute atomic E-state index is 0.159. The second-order valence-corrected chi connectivity index (χ2v) is 7.82. The van der Waals surface area contributed by atoms with Crippen molar-refractivity contribution in [1.29, 1.82) is 0 Å². The van der Waals surface area contributed by atoms with E-state index in [-0.39, 0.29) is 18.2 Å². The molecule has 3 heterocycles. The van der Waals surface area contributed by atoms with Crippen LogP contribution in [0.15, 0.2) is 59.2 Å². The predicted octanol–water partition coefficient (Wildman–Crippen LogP) is 3.99. The normalized spacial score (nSPS) is 10.9. The van der Waals surface area contributed by atoms with Gasteiger partial charge in [0.25, 0.3) is 0 Å². The van der Waals surface area contributed by atoms with E-state index in [9.17, 15) is 4.79 Å². The van der Waals surface area contributed by atoms with Gasteiger partial charge in [-0.05, 0) is 19.7 Å². The third-order valence-electron chi connectivity index (χ3n) is 5.68. The zero-order valence-electron chi connectivity index (χ0n) is 19.9. The third-order valence-corrected chi connectivity index (χ3v) is 5.68. The van der Waals surface area contributed by atoms with Crippen LogP contribution in [-0.2, 0) is 14.1 Å². The van der Waals surface area contributed by atoms with E-state index in [0.717, 1.165) is 11.1 Å². The molecular weight excluding hydrogens is 451 g/mol. The van der Waals surface area contributed by atoms with Crippen molar-refractivity contribution < 1.29 is 13.9 Å². The molecule has 0 spiro atoms. The number of rotatable bonds is 8. The lowest BCUT2D eigenvalue weighted by molar-refractivity contribution is 0.358. The molecule has 0 aliphatic heterocycles. The lowest BCUT2D eigenvalue weighted by Crippen LogP contribution is -2.23. The molecule has 4 aromatic rings. The molecule has 4 rings (SSSR count). The van der Waals surface area contributed by atoms with E-state index < -0.39 is 11.5 Å². The maximum atomic E-state index is 15.2. The highest BCUT2D eigenvalue weighted by Gasteiger charge is 2.25. The Kier molecular flexibility index (Phi) is 6.37. The van der Waals surface area contributed by atoms with E-state index in [4.69, 9.17) is 9.47 Å².